The number of nitrogens with one attached hydrogen (secondary N) is 1. The van der Waals surface area contributed by atoms with Gasteiger partial charge in [-0.05, 0) is 12.8 Å². The number of hydrogen-bond donors (Lipinski definition) is 2. The number of nitrogens with two attached hydrogens (primary N) is 1. The van der Waals surface area contributed by atoms with E-state index in [4.69, 9.17) is 5.73 Å². The van der Waals surface area contributed by atoms with E-state index in [0.29, 0.717) is 6.54 Å². The summed E-state index contributed by atoms with van der Waals surface area (Å²) in [6, 6.07) is 0. The minimum Gasteiger partial charge on any atom is -0.348 e. The molecule has 3 heteroatoms. The van der Waals surface area contributed by atoms with E-state index in [0.717, 1.165) is 17.8 Å². The van der Waals surface area contributed by atoms with Crippen LogP contribution in [0.5, 0.6) is 0 Å². The average molecular weight is 149 g/mol. The van der Waals surface area contributed by atoms with Gasteiger partial charge in [-0.15, -0.1) is 0 Å². The van der Waals surface area contributed by atoms with E-state index >= 15 is 0 Å². The van der Waals surface area contributed by atoms with Crippen LogP contribution in [-0.4, -0.2) is 16.5 Å². The number of aromatic nitrogens is 2. The largest absolute Gasteiger partial charge is 0.348 e. The molecule has 58 valence electrons. The summed E-state index contributed by atoms with van der Waals surface area (Å²) < 4.78 is 0. The van der Waals surface area contributed by atoms with Crippen molar-refractivity contribution in [2.75, 3.05) is 6.54 Å². The Morgan fingerprint density at radius 2 is 2.55 bits per heavy atom. The third kappa shape index (κ3) is 2.10. The third-order valence-electron chi connectivity index (χ3n) is 1.31. The molecule has 0 aliphatic carbocycles. The third-order valence-corrected chi connectivity index (χ3v) is 1.31. The maximum atomic E-state index is 5.28. The van der Waals surface area contributed by atoms with E-state index in [1.54, 1.807) is 6.33 Å². The van der Waals surface area contributed by atoms with E-state index < -0.39 is 0 Å². The fourth-order valence-electron chi connectivity index (χ4n) is 0.703. The fraction of sp³-hybridized carbons (Fsp3) is 0.375. The van der Waals surface area contributed by atoms with Gasteiger partial charge in [0.2, 0.25) is 0 Å². The molecule has 0 amide bonds. The van der Waals surface area contributed by atoms with Gasteiger partial charge in [-0.2, -0.15) is 0 Å². The molecule has 0 bridgehead atoms. The summed E-state index contributed by atoms with van der Waals surface area (Å²) in [6.07, 6.45) is 2.37. The molecule has 0 aliphatic heterocycles. The van der Waals surface area contributed by atoms with Gasteiger partial charge in [0.15, 0.2) is 0 Å². The summed E-state index contributed by atoms with van der Waals surface area (Å²) in [7, 11) is 0. The van der Waals surface area contributed by atoms with E-state index in [-0.39, 0.29) is 0 Å². The zero-order valence-corrected chi connectivity index (χ0v) is 6.52. The number of aromatic amines is 1. The van der Waals surface area contributed by atoms with Crippen molar-refractivity contribution in [1.82, 2.24) is 9.97 Å². The predicted molar refractivity (Wildman–Crippen MR) is 43.9 cm³/mol. The van der Waals surface area contributed by atoms with Gasteiger partial charge in [0.05, 0.1) is 6.33 Å². The summed E-state index contributed by atoms with van der Waals surface area (Å²) in [6.45, 7) is 2.55. The van der Waals surface area contributed by atoms with Gasteiger partial charge in [-0.3, -0.25) is 0 Å². The van der Waals surface area contributed by atoms with Gasteiger partial charge in [0.25, 0.3) is 0 Å². The first-order valence-corrected chi connectivity index (χ1v) is 3.53. The lowest BCUT2D eigenvalue weighted by Gasteiger charge is -1.82. The molecule has 11 heavy (non-hydrogen) atoms. The molecular weight excluding hydrogens is 138 g/mol. The van der Waals surface area contributed by atoms with Gasteiger partial charge >= 0.3 is 0 Å². The van der Waals surface area contributed by atoms with Crippen molar-refractivity contribution in [2.24, 2.45) is 5.73 Å². The minimum atomic E-state index is 0.608. The van der Waals surface area contributed by atoms with Gasteiger partial charge < -0.3 is 10.7 Å². The molecule has 0 radical (unpaired) electrons. The number of hydrogen-bond acceptors (Lipinski definition) is 2. The molecule has 3 N–H and O–H groups in total. The van der Waals surface area contributed by atoms with Gasteiger partial charge in [0, 0.05) is 18.7 Å². The molecule has 0 saturated heterocycles. The quantitative estimate of drug-likeness (QED) is 0.568. The molecule has 0 aliphatic rings. The van der Waals surface area contributed by atoms with Gasteiger partial charge in [0.1, 0.15) is 5.69 Å². The molecule has 0 aromatic carbocycles. The molecule has 0 spiro atoms. The molecule has 0 unspecified atom stereocenters. The first kappa shape index (κ1) is 7.83. The summed E-state index contributed by atoms with van der Waals surface area (Å²) in [5, 5.41) is 0. The van der Waals surface area contributed by atoms with Gasteiger partial charge in [-0.1, -0.05) is 5.92 Å². The van der Waals surface area contributed by atoms with Crippen LogP contribution in [0.25, 0.3) is 0 Å². The van der Waals surface area contributed by atoms with Crippen LogP contribution < -0.4 is 5.73 Å². The molecule has 0 atom stereocenters. The maximum absolute atomic E-state index is 5.28. The Bertz CT molecular complexity index is 277. The normalized spacial score (nSPS) is 8.91. The van der Waals surface area contributed by atoms with E-state index in [1.807, 2.05) is 6.92 Å². The van der Waals surface area contributed by atoms with Crippen LogP contribution in [-0.2, 0) is 0 Å². The van der Waals surface area contributed by atoms with E-state index in [9.17, 15) is 0 Å². The number of H-pyrrole nitrogens is 1. The summed E-state index contributed by atoms with van der Waals surface area (Å²) in [5.41, 5.74) is 7.10. The highest BCUT2D eigenvalue weighted by atomic mass is 14.9. The SMILES string of the molecule is Cc1[nH]cnc1C#CCCN. The standard InChI is InChI=1S/C8H11N3/c1-7-8(11-6-10-7)4-2-3-5-9/h6H,3,5,9H2,1H3,(H,10,11). The second kappa shape index (κ2) is 3.79. The lowest BCUT2D eigenvalue weighted by molar-refractivity contribution is 1.03. The van der Waals surface area contributed by atoms with E-state index in [2.05, 4.69) is 21.8 Å². The molecule has 1 aromatic rings. The number of nitrogens with zero attached hydrogens (tertiary/aromatic N) is 1. The van der Waals surface area contributed by atoms with Gasteiger partial charge in [-0.25, -0.2) is 4.98 Å². The molecule has 1 rings (SSSR count). The van der Waals surface area contributed by atoms with Crippen molar-refractivity contribution < 1.29 is 0 Å². The zero-order valence-electron chi connectivity index (χ0n) is 6.52. The highest BCUT2D eigenvalue weighted by molar-refractivity contribution is 5.30. The Balaban J connectivity index is 2.65. The molecule has 1 heterocycles. The zero-order chi connectivity index (χ0) is 8.10. The molecule has 0 saturated carbocycles. The number of rotatable bonds is 1. The Morgan fingerprint density at radius 1 is 1.73 bits per heavy atom. The number of aryl methyl sites for hydroxylation is 1. The molecular formula is C8H11N3. The van der Waals surface area contributed by atoms with Crippen LogP contribution in [0, 0.1) is 18.8 Å². The topological polar surface area (TPSA) is 54.7 Å². The maximum Gasteiger partial charge on any atom is 0.133 e. The Kier molecular flexibility index (Phi) is 2.70. The van der Waals surface area contributed by atoms with Crippen molar-refractivity contribution in [3.05, 3.63) is 17.7 Å². The van der Waals surface area contributed by atoms with Crippen LogP contribution in [0.4, 0.5) is 0 Å². The fourth-order valence-corrected chi connectivity index (χ4v) is 0.703. The minimum absolute atomic E-state index is 0.608. The van der Waals surface area contributed by atoms with Crippen LogP contribution >= 0.6 is 0 Å². The first-order valence-electron chi connectivity index (χ1n) is 3.53. The molecule has 3 nitrogen and oxygen atoms in total. The Hall–Kier alpha value is -1.27. The monoisotopic (exact) mass is 149 g/mol. The summed E-state index contributed by atoms with van der Waals surface area (Å²) >= 11 is 0. The van der Waals surface area contributed by atoms with Crippen molar-refractivity contribution in [1.29, 1.82) is 0 Å². The average Bonchev–Trinajstić information content (AvgIpc) is 2.37. The van der Waals surface area contributed by atoms with E-state index in [1.165, 1.54) is 0 Å². The van der Waals surface area contributed by atoms with Crippen molar-refractivity contribution >= 4 is 0 Å². The second-order valence-electron chi connectivity index (χ2n) is 2.22. The lowest BCUT2D eigenvalue weighted by Crippen LogP contribution is -1.95. The lowest BCUT2D eigenvalue weighted by atomic mass is 10.3. The molecule has 1 aromatic heterocycles. The highest BCUT2D eigenvalue weighted by Gasteiger charge is 1.92. The van der Waals surface area contributed by atoms with Crippen molar-refractivity contribution in [3.8, 4) is 11.8 Å². The smallest absolute Gasteiger partial charge is 0.133 e. The summed E-state index contributed by atoms with van der Waals surface area (Å²) in [4.78, 5) is 6.97. The predicted octanol–water partition coefficient (Wildman–Crippen LogP) is 0.418. The first-order chi connectivity index (χ1) is 5.34. The Labute approximate surface area is 66.0 Å². The van der Waals surface area contributed by atoms with Crippen LogP contribution in [0.15, 0.2) is 6.33 Å². The van der Waals surface area contributed by atoms with Crippen molar-refractivity contribution in [3.63, 3.8) is 0 Å². The van der Waals surface area contributed by atoms with Crippen molar-refractivity contribution in [2.45, 2.75) is 13.3 Å². The highest BCUT2D eigenvalue weighted by Crippen LogP contribution is 1.96. The van der Waals surface area contributed by atoms with Crippen LogP contribution in [0.1, 0.15) is 17.8 Å². The number of imidazole rings is 1. The Morgan fingerprint density at radius 3 is 3.09 bits per heavy atom. The van der Waals surface area contributed by atoms with Crippen LogP contribution in [0.3, 0.4) is 0 Å². The second-order valence-corrected chi connectivity index (χ2v) is 2.22. The molecule has 0 fully saturated rings. The summed E-state index contributed by atoms with van der Waals surface area (Å²) in [5.74, 6) is 5.84. The van der Waals surface area contributed by atoms with Crippen LogP contribution in [0.2, 0.25) is 0 Å².